The molecule has 1 saturated carbocycles. The summed E-state index contributed by atoms with van der Waals surface area (Å²) in [6, 6.07) is 7.38. The topological polar surface area (TPSA) is 53.6 Å². The van der Waals surface area contributed by atoms with Gasteiger partial charge in [0.15, 0.2) is 0 Å². The van der Waals surface area contributed by atoms with Gasteiger partial charge in [-0.05, 0) is 43.2 Å². The van der Waals surface area contributed by atoms with E-state index in [9.17, 15) is 8.78 Å². The van der Waals surface area contributed by atoms with E-state index in [4.69, 9.17) is 5.73 Å². The Morgan fingerprint density at radius 1 is 1.25 bits per heavy atom. The molecule has 1 aromatic carbocycles. The van der Waals surface area contributed by atoms with Crippen LogP contribution in [0, 0.1) is 11.8 Å². The van der Waals surface area contributed by atoms with E-state index < -0.39 is 5.92 Å². The minimum absolute atomic E-state index is 0.152. The van der Waals surface area contributed by atoms with Gasteiger partial charge in [0, 0.05) is 54.5 Å². The third-order valence-electron chi connectivity index (χ3n) is 6.46. The van der Waals surface area contributed by atoms with Crippen LogP contribution in [0.2, 0.25) is 0 Å². The summed E-state index contributed by atoms with van der Waals surface area (Å²) < 4.78 is 26.8. The molecule has 3 rings (SSSR count). The number of nitrogens with zero attached hydrogens (tertiary/aromatic N) is 2. The maximum absolute atomic E-state index is 13.4. The molecule has 1 fully saturated rings. The van der Waals surface area contributed by atoms with E-state index in [1.54, 1.807) is 6.20 Å². The molecule has 3 N–H and O–H groups in total. The number of benzene rings is 1. The Hall–Kier alpha value is -3.33. The highest BCUT2D eigenvalue weighted by Gasteiger charge is 2.48. The molecule has 1 heterocycles. The molecule has 1 unspecified atom stereocenters. The lowest BCUT2D eigenvalue weighted by molar-refractivity contribution is 0.0226. The third kappa shape index (κ3) is 7.58. The minimum Gasteiger partial charge on any atom is -0.402 e. The van der Waals surface area contributed by atoms with Crippen LogP contribution in [0.25, 0.3) is 0 Å². The monoisotopic (exact) mass is 492 g/mol. The van der Waals surface area contributed by atoms with Gasteiger partial charge in [-0.2, -0.15) is 0 Å². The summed E-state index contributed by atoms with van der Waals surface area (Å²) in [5, 5.41) is 3.42. The first kappa shape index (κ1) is 27.3. The second-order valence-electron chi connectivity index (χ2n) is 9.99. The highest BCUT2D eigenvalue weighted by Crippen LogP contribution is 2.54. The molecule has 2 aliphatic rings. The highest BCUT2D eigenvalue weighted by atomic mass is 19.3. The molecular formula is C30H38F2N4. The lowest BCUT2D eigenvalue weighted by Gasteiger charge is -2.33. The van der Waals surface area contributed by atoms with Crippen molar-refractivity contribution in [2.45, 2.75) is 69.8 Å². The lowest BCUT2D eigenvalue weighted by atomic mass is 9.90. The van der Waals surface area contributed by atoms with Crippen molar-refractivity contribution in [3.05, 3.63) is 84.5 Å². The average molecular weight is 493 g/mol. The van der Waals surface area contributed by atoms with Gasteiger partial charge < -0.3 is 16.0 Å². The number of aliphatic imine (C=N–C) groups is 1. The standard InChI is InChI=1S/C30H38F2N4/c1-6-18-36(21-23(3)35-28(19-22(2)33)14-13-27-8-7-17-34-27)24(4)30(15-16-30)26-11-9-25(10-12-26)20-29(5,31)32/h7,9-12,17,28,35H,2-4,6,8,15-16,18-21,33H2,1,5H3. The van der Waals surface area contributed by atoms with Crippen molar-refractivity contribution >= 4 is 5.71 Å². The van der Waals surface area contributed by atoms with Crippen molar-refractivity contribution in [2.24, 2.45) is 10.7 Å². The summed E-state index contributed by atoms with van der Waals surface area (Å²) in [4.78, 5) is 6.52. The van der Waals surface area contributed by atoms with E-state index in [-0.39, 0.29) is 17.9 Å². The van der Waals surface area contributed by atoms with E-state index in [1.165, 1.54) is 0 Å². The SMILES string of the molecule is C=C(N)CC(C#CC1=NC=CC1)NC(=C)CN(CCC)C(=C)C1(c2ccc(CC(C)(F)F)cc2)CC1. The van der Waals surface area contributed by atoms with Crippen LogP contribution in [-0.2, 0) is 11.8 Å². The summed E-state index contributed by atoms with van der Waals surface area (Å²) in [7, 11) is 0. The summed E-state index contributed by atoms with van der Waals surface area (Å²) in [6.45, 7) is 17.1. The van der Waals surface area contributed by atoms with Crippen LogP contribution in [0.3, 0.4) is 0 Å². The zero-order valence-electron chi connectivity index (χ0n) is 21.5. The van der Waals surface area contributed by atoms with E-state index in [1.807, 2.05) is 30.3 Å². The van der Waals surface area contributed by atoms with Crippen molar-refractivity contribution in [3.63, 3.8) is 0 Å². The predicted octanol–water partition coefficient (Wildman–Crippen LogP) is 5.84. The van der Waals surface area contributed by atoms with Gasteiger partial charge in [0.2, 0.25) is 5.92 Å². The second kappa shape index (κ2) is 11.6. The smallest absolute Gasteiger partial charge is 0.249 e. The van der Waals surface area contributed by atoms with Crippen LogP contribution in [-0.4, -0.2) is 35.7 Å². The van der Waals surface area contributed by atoms with E-state index in [0.29, 0.717) is 24.2 Å². The molecule has 0 saturated heterocycles. The van der Waals surface area contributed by atoms with Crippen LogP contribution in [0.1, 0.15) is 57.1 Å². The molecule has 0 radical (unpaired) electrons. The summed E-state index contributed by atoms with van der Waals surface area (Å²) in [6.07, 6.45) is 7.69. The maximum atomic E-state index is 13.4. The molecule has 192 valence electrons. The predicted molar refractivity (Wildman–Crippen MR) is 146 cm³/mol. The molecule has 0 amide bonds. The van der Waals surface area contributed by atoms with Gasteiger partial charge in [-0.25, -0.2) is 8.78 Å². The van der Waals surface area contributed by atoms with Crippen molar-refractivity contribution in [1.29, 1.82) is 0 Å². The Balaban J connectivity index is 1.68. The van der Waals surface area contributed by atoms with Crippen LogP contribution in [0.4, 0.5) is 8.78 Å². The van der Waals surface area contributed by atoms with Crippen molar-refractivity contribution in [1.82, 2.24) is 10.2 Å². The summed E-state index contributed by atoms with van der Waals surface area (Å²) in [5.74, 6) is 3.63. The van der Waals surface area contributed by atoms with E-state index in [0.717, 1.165) is 61.8 Å². The molecule has 1 aliphatic heterocycles. The van der Waals surface area contributed by atoms with Crippen molar-refractivity contribution < 1.29 is 8.78 Å². The van der Waals surface area contributed by atoms with Gasteiger partial charge in [-0.3, -0.25) is 4.99 Å². The lowest BCUT2D eigenvalue weighted by Crippen LogP contribution is -2.37. The zero-order valence-corrected chi connectivity index (χ0v) is 21.5. The largest absolute Gasteiger partial charge is 0.402 e. The van der Waals surface area contributed by atoms with Gasteiger partial charge >= 0.3 is 0 Å². The number of hydrogen-bond acceptors (Lipinski definition) is 4. The minimum atomic E-state index is -2.71. The number of rotatable bonds is 13. The molecule has 1 aliphatic carbocycles. The van der Waals surface area contributed by atoms with Crippen molar-refractivity contribution in [3.8, 4) is 11.8 Å². The molecule has 1 atom stereocenters. The van der Waals surface area contributed by atoms with Gasteiger partial charge in [0.05, 0.1) is 18.3 Å². The van der Waals surface area contributed by atoms with Crippen LogP contribution in [0.5, 0.6) is 0 Å². The first-order valence-electron chi connectivity index (χ1n) is 12.5. The summed E-state index contributed by atoms with van der Waals surface area (Å²) in [5.41, 5.74) is 10.8. The molecule has 1 aromatic rings. The zero-order chi connectivity index (χ0) is 26.3. The molecule has 0 bridgehead atoms. The number of nitrogens with two attached hydrogens (primary N) is 1. The normalized spacial score (nSPS) is 16.4. The number of hydrogen-bond donors (Lipinski definition) is 2. The first-order valence-corrected chi connectivity index (χ1v) is 12.5. The van der Waals surface area contributed by atoms with Gasteiger partial charge in [0.1, 0.15) is 0 Å². The van der Waals surface area contributed by atoms with Crippen LogP contribution in [0.15, 0.2) is 78.4 Å². The number of halogens is 2. The van der Waals surface area contributed by atoms with Crippen molar-refractivity contribution in [2.75, 3.05) is 13.1 Å². The van der Waals surface area contributed by atoms with Gasteiger partial charge in [0.25, 0.3) is 0 Å². The number of allylic oxidation sites excluding steroid dienone is 2. The van der Waals surface area contributed by atoms with Gasteiger partial charge in [-0.15, -0.1) is 0 Å². The fraction of sp³-hybridized carbons (Fsp3) is 0.433. The Labute approximate surface area is 214 Å². The Bertz CT molecular complexity index is 1090. The Morgan fingerprint density at radius 2 is 1.94 bits per heavy atom. The Morgan fingerprint density at radius 3 is 2.47 bits per heavy atom. The molecular weight excluding hydrogens is 454 g/mol. The molecule has 6 heteroatoms. The van der Waals surface area contributed by atoms with Gasteiger partial charge in [-0.1, -0.05) is 62.9 Å². The molecule has 36 heavy (non-hydrogen) atoms. The highest BCUT2D eigenvalue weighted by molar-refractivity contribution is 6.02. The first-order chi connectivity index (χ1) is 17.0. The number of alkyl halides is 2. The molecule has 0 aromatic heterocycles. The molecule has 4 nitrogen and oxygen atoms in total. The number of nitrogens with one attached hydrogen (secondary N) is 1. The van der Waals surface area contributed by atoms with Crippen LogP contribution >= 0.6 is 0 Å². The fourth-order valence-corrected chi connectivity index (χ4v) is 4.59. The average Bonchev–Trinajstić information content (AvgIpc) is 3.43. The fourth-order valence-electron chi connectivity index (χ4n) is 4.59. The Kier molecular flexibility index (Phi) is 8.79. The van der Waals surface area contributed by atoms with E-state index in [2.05, 4.69) is 53.7 Å². The maximum Gasteiger partial charge on any atom is 0.249 e. The quantitative estimate of drug-likeness (QED) is 0.340. The second-order valence-corrected chi connectivity index (χ2v) is 9.99. The summed E-state index contributed by atoms with van der Waals surface area (Å²) >= 11 is 0. The third-order valence-corrected chi connectivity index (χ3v) is 6.46. The van der Waals surface area contributed by atoms with Crippen LogP contribution < -0.4 is 11.1 Å². The van der Waals surface area contributed by atoms with E-state index >= 15 is 0 Å². The molecule has 0 spiro atoms.